The van der Waals surface area contributed by atoms with Crippen molar-refractivity contribution >= 4 is 17.4 Å². The van der Waals surface area contributed by atoms with Gasteiger partial charge in [-0.3, -0.25) is 9.59 Å². The molecule has 0 spiro atoms. The van der Waals surface area contributed by atoms with Gasteiger partial charge in [-0.15, -0.1) is 0 Å². The molecule has 2 rings (SSSR count). The number of benzene rings is 1. The predicted octanol–water partition coefficient (Wildman–Crippen LogP) is 3.70. The monoisotopic (exact) mass is 330 g/mol. The summed E-state index contributed by atoms with van der Waals surface area (Å²) in [6, 6.07) is 10.5. The zero-order chi connectivity index (χ0) is 17.2. The summed E-state index contributed by atoms with van der Waals surface area (Å²) in [6.45, 7) is 4.00. The van der Waals surface area contributed by atoms with Crippen molar-refractivity contribution in [3.8, 4) is 0 Å². The molecule has 0 radical (unpaired) electrons. The van der Waals surface area contributed by atoms with Gasteiger partial charge in [-0.1, -0.05) is 50.8 Å². The first-order chi connectivity index (χ1) is 11.7. The first kappa shape index (κ1) is 18.5. The lowest BCUT2D eigenvalue weighted by Crippen LogP contribution is -2.46. The lowest BCUT2D eigenvalue weighted by molar-refractivity contribution is -0.138. The van der Waals surface area contributed by atoms with Gasteiger partial charge in [0.25, 0.3) is 5.91 Å². The van der Waals surface area contributed by atoms with Crippen LogP contribution in [0.1, 0.15) is 58.3 Å². The summed E-state index contributed by atoms with van der Waals surface area (Å²) >= 11 is 0. The van der Waals surface area contributed by atoms with Gasteiger partial charge in [0.2, 0.25) is 5.78 Å². The van der Waals surface area contributed by atoms with Crippen LogP contribution in [-0.2, 0) is 9.59 Å². The lowest BCUT2D eigenvalue weighted by Gasteiger charge is -2.33. The highest BCUT2D eigenvalue weighted by Gasteiger charge is 2.23. The minimum atomic E-state index is -0.386. The van der Waals surface area contributed by atoms with E-state index < -0.39 is 0 Å². The molecular formula is C20H30N2O2. The Bertz CT molecular complexity index is 508. The zero-order valence-electron chi connectivity index (χ0n) is 14.8. The van der Waals surface area contributed by atoms with Crippen molar-refractivity contribution in [1.82, 2.24) is 5.32 Å². The molecule has 0 bridgehead atoms. The number of para-hydroxylation sites is 1. The van der Waals surface area contributed by atoms with E-state index in [0.29, 0.717) is 6.42 Å². The van der Waals surface area contributed by atoms with Gasteiger partial charge in [-0.2, -0.15) is 0 Å². The third-order valence-corrected chi connectivity index (χ3v) is 4.71. The number of carbonyl (C=O) groups excluding carboxylic acids is 2. The van der Waals surface area contributed by atoms with Crippen molar-refractivity contribution in [2.75, 3.05) is 18.0 Å². The molecule has 1 N–H and O–H groups in total. The molecule has 4 nitrogen and oxygen atoms in total. The van der Waals surface area contributed by atoms with Gasteiger partial charge in [0.1, 0.15) is 0 Å². The standard InChI is InChI=1S/C20H30N2O2/c1-2-3-4-5-9-12-19(23)20(24)21-17-13-15-22(16-14-17)18-10-7-6-8-11-18/h6-8,10-11,17H,2-5,9,12-16H2,1H3,(H,21,24). The van der Waals surface area contributed by atoms with Crippen LogP contribution in [0.15, 0.2) is 30.3 Å². The first-order valence-electron chi connectivity index (χ1n) is 9.34. The van der Waals surface area contributed by atoms with Gasteiger partial charge in [0, 0.05) is 31.2 Å². The number of nitrogens with zero attached hydrogens (tertiary/aromatic N) is 1. The smallest absolute Gasteiger partial charge is 0.287 e. The molecule has 4 heteroatoms. The number of ketones is 1. The molecule has 0 unspecified atom stereocenters. The molecule has 1 fully saturated rings. The van der Waals surface area contributed by atoms with E-state index in [1.807, 2.05) is 18.2 Å². The molecule has 1 amide bonds. The van der Waals surface area contributed by atoms with E-state index in [4.69, 9.17) is 0 Å². The topological polar surface area (TPSA) is 49.4 Å². The maximum Gasteiger partial charge on any atom is 0.287 e. The van der Waals surface area contributed by atoms with Crippen molar-refractivity contribution in [2.45, 2.75) is 64.3 Å². The quantitative estimate of drug-likeness (QED) is 0.555. The SMILES string of the molecule is CCCCCCCC(=O)C(=O)NC1CCN(c2ccccc2)CC1. The van der Waals surface area contributed by atoms with Crippen LogP contribution < -0.4 is 10.2 Å². The number of carbonyl (C=O) groups is 2. The number of hydrogen-bond acceptors (Lipinski definition) is 3. The van der Waals surface area contributed by atoms with E-state index in [0.717, 1.165) is 45.2 Å². The largest absolute Gasteiger partial charge is 0.371 e. The molecule has 0 saturated carbocycles. The summed E-state index contributed by atoms with van der Waals surface area (Å²) in [5.41, 5.74) is 1.23. The fourth-order valence-corrected chi connectivity index (χ4v) is 3.19. The molecule has 1 aromatic carbocycles. The molecule has 1 aliphatic heterocycles. The van der Waals surface area contributed by atoms with E-state index in [1.54, 1.807) is 0 Å². The molecule has 132 valence electrons. The molecule has 0 aliphatic carbocycles. The minimum Gasteiger partial charge on any atom is -0.371 e. The van der Waals surface area contributed by atoms with Crippen LogP contribution in [0.2, 0.25) is 0 Å². The van der Waals surface area contributed by atoms with E-state index in [1.165, 1.54) is 18.5 Å². The summed E-state index contributed by atoms with van der Waals surface area (Å²) in [5.74, 6) is -0.638. The Kier molecular flexibility index (Phi) is 7.80. The highest BCUT2D eigenvalue weighted by atomic mass is 16.2. The Labute approximate surface area is 145 Å². The molecule has 1 heterocycles. The molecule has 1 aromatic rings. The van der Waals surface area contributed by atoms with Crippen molar-refractivity contribution in [3.05, 3.63) is 30.3 Å². The Morgan fingerprint density at radius 3 is 2.38 bits per heavy atom. The third-order valence-electron chi connectivity index (χ3n) is 4.71. The number of nitrogens with one attached hydrogen (secondary N) is 1. The van der Waals surface area contributed by atoms with E-state index in [9.17, 15) is 9.59 Å². The Hall–Kier alpha value is -1.84. The van der Waals surface area contributed by atoms with E-state index in [-0.39, 0.29) is 17.7 Å². The second kappa shape index (κ2) is 10.1. The summed E-state index contributed by atoms with van der Waals surface area (Å²) in [4.78, 5) is 26.3. The normalized spacial score (nSPS) is 15.3. The Morgan fingerprint density at radius 1 is 1.04 bits per heavy atom. The number of Topliss-reactive ketones (excluding diaryl/α,β-unsaturated/α-hetero) is 1. The number of piperidine rings is 1. The van der Waals surface area contributed by atoms with Gasteiger partial charge in [0.15, 0.2) is 0 Å². The second-order valence-corrected chi connectivity index (χ2v) is 6.66. The fourth-order valence-electron chi connectivity index (χ4n) is 3.19. The minimum absolute atomic E-state index is 0.126. The van der Waals surface area contributed by atoms with Crippen molar-refractivity contribution < 1.29 is 9.59 Å². The van der Waals surface area contributed by atoms with E-state index in [2.05, 4.69) is 29.3 Å². The molecular weight excluding hydrogens is 300 g/mol. The third kappa shape index (κ3) is 5.99. The van der Waals surface area contributed by atoms with Gasteiger partial charge < -0.3 is 10.2 Å². The maximum atomic E-state index is 12.0. The zero-order valence-corrected chi connectivity index (χ0v) is 14.8. The number of amides is 1. The molecule has 0 atom stereocenters. The van der Waals surface area contributed by atoms with Gasteiger partial charge in [-0.25, -0.2) is 0 Å². The average molecular weight is 330 g/mol. The molecule has 1 aliphatic rings. The van der Waals surface area contributed by atoms with Crippen molar-refractivity contribution in [2.24, 2.45) is 0 Å². The van der Waals surface area contributed by atoms with E-state index >= 15 is 0 Å². The number of anilines is 1. The van der Waals surface area contributed by atoms with Crippen LogP contribution in [-0.4, -0.2) is 30.8 Å². The summed E-state index contributed by atoms with van der Waals surface area (Å²) in [5, 5.41) is 2.93. The fraction of sp³-hybridized carbons (Fsp3) is 0.600. The highest BCUT2D eigenvalue weighted by Crippen LogP contribution is 2.19. The van der Waals surface area contributed by atoms with Crippen LogP contribution in [0.25, 0.3) is 0 Å². The average Bonchev–Trinajstić information content (AvgIpc) is 2.62. The Balaban J connectivity index is 1.65. The predicted molar refractivity (Wildman–Crippen MR) is 98.2 cm³/mol. The van der Waals surface area contributed by atoms with Crippen LogP contribution in [0.5, 0.6) is 0 Å². The summed E-state index contributed by atoms with van der Waals surface area (Å²) < 4.78 is 0. The van der Waals surface area contributed by atoms with Gasteiger partial charge in [-0.05, 0) is 31.4 Å². The number of unbranched alkanes of at least 4 members (excludes halogenated alkanes) is 4. The summed E-state index contributed by atoms with van der Waals surface area (Å²) in [6.07, 6.45) is 7.61. The highest BCUT2D eigenvalue weighted by molar-refractivity contribution is 6.36. The van der Waals surface area contributed by atoms with Gasteiger partial charge in [0.05, 0.1) is 0 Å². The van der Waals surface area contributed by atoms with Crippen LogP contribution in [0.3, 0.4) is 0 Å². The van der Waals surface area contributed by atoms with Crippen molar-refractivity contribution in [1.29, 1.82) is 0 Å². The second-order valence-electron chi connectivity index (χ2n) is 6.66. The number of rotatable bonds is 9. The Morgan fingerprint density at radius 2 is 1.71 bits per heavy atom. The first-order valence-corrected chi connectivity index (χ1v) is 9.34. The lowest BCUT2D eigenvalue weighted by atomic mass is 10.0. The molecule has 1 saturated heterocycles. The van der Waals surface area contributed by atoms with Gasteiger partial charge >= 0.3 is 0 Å². The van der Waals surface area contributed by atoms with Crippen molar-refractivity contribution in [3.63, 3.8) is 0 Å². The number of hydrogen-bond donors (Lipinski definition) is 1. The van der Waals surface area contributed by atoms with Crippen LogP contribution in [0, 0.1) is 0 Å². The summed E-state index contributed by atoms with van der Waals surface area (Å²) in [7, 11) is 0. The van der Waals surface area contributed by atoms with Crippen LogP contribution >= 0.6 is 0 Å². The molecule has 0 aromatic heterocycles. The maximum absolute atomic E-state index is 12.0. The molecule has 24 heavy (non-hydrogen) atoms. The van der Waals surface area contributed by atoms with Crippen LogP contribution in [0.4, 0.5) is 5.69 Å².